The van der Waals surface area contributed by atoms with Gasteiger partial charge in [-0.05, 0) is 46.7 Å². The van der Waals surface area contributed by atoms with Crippen LogP contribution in [0.2, 0.25) is 5.02 Å². The van der Waals surface area contributed by atoms with Crippen molar-refractivity contribution in [3.8, 4) is 0 Å². The predicted molar refractivity (Wildman–Crippen MR) is 75.2 cm³/mol. The van der Waals surface area contributed by atoms with Crippen molar-refractivity contribution in [2.24, 2.45) is 11.8 Å². The molecule has 3 unspecified atom stereocenters. The molecule has 1 aliphatic rings. The number of hydrogen-bond acceptors (Lipinski definition) is 1. The summed E-state index contributed by atoms with van der Waals surface area (Å²) in [5.41, 5.74) is -0.777. The van der Waals surface area contributed by atoms with E-state index in [9.17, 15) is 9.50 Å². The lowest BCUT2D eigenvalue weighted by Gasteiger charge is -2.42. The topological polar surface area (TPSA) is 20.2 Å². The Bertz CT molecular complexity index is 465. The molecule has 0 saturated heterocycles. The summed E-state index contributed by atoms with van der Waals surface area (Å²) in [5.74, 6) is -0.0990. The molecule has 1 saturated carbocycles. The summed E-state index contributed by atoms with van der Waals surface area (Å²) in [5, 5.41) is 10.9. The third-order valence-electron chi connectivity index (χ3n) is 4.33. The molecule has 18 heavy (non-hydrogen) atoms. The maximum absolute atomic E-state index is 14.3. The normalized spacial score (nSPS) is 32.6. The molecule has 4 heteroatoms. The van der Waals surface area contributed by atoms with Gasteiger partial charge < -0.3 is 5.11 Å². The second kappa shape index (κ2) is 5.10. The Labute approximate surface area is 120 Å². The van der Waals surface area contributed by atoms with Crippen molar-refractivity contribution < 1.29 is 9.50 Å². The third kappa shape index (κ3) is 2.21. The first-order valence-electron chi connectivity index (χ1n) is 6.24. The molecular formula is C14H17BrClFO. The van der Waals surface area contributed by atoms with Crippen LogP contribution in [-0.2, 0) is 5.60 Å². The molecule has 1 N–H and O–H groups in total. The van der Waals surface area contributed by atoms with E-state index in [4.69, 9.17) is 11.6 Å². The Morgan fingerprint density at radius 2 is 2.11 bits per heavy atom. The van der Waals surface area contributed by atoms with E-state index in [0.29, 0.717) is 22.4 Å². The molecule has 0 heterocycles. The highest BCUT2D eigenvalue weighted by Gasteiger charge is 2.43. The molecule has 2 rings (SSSR count). The van der Waals surface area contributed by atoms with Crippen LogP contribution < -0.4 is 0 Å². The first-order chi connectivity index (χ1) is 8.38. The first-order valence-corrected chi connectivity index (χ1v) is 7.41. The van der Waals surface area contributed by atoms with E-state index >= 15 is 0 Å². The van der Waals surface area contributed by atoms with Gasteiger partial charge in [-0.2, -0.15) is 0 Å². The monoisotopic (exact) mass is 334 g/mol. The van der Waals surface area contributed by atoms with Crippen LogP contribution in [0.3, 0.4) is 0 Å². The van der Waals surface area contributed by atoms with E-state index in [0.717, 1.165) is 12.8 Å². The largest absolute Gasteiger partial charge is 0.385 e. The van der Waals surface area contributed by atoms with Gasteiger partial charge in [0.05, 0.1) is 10.6 Å². The van der Waals surface area contributed by atoms with Gasteiger partial charge in [-0.15, -0.1) is 0 Å². The fraction of sp³-hybridized carbons (Fsp3) is 0.571. The molecule has 0 amide bonds. The van der Waals surface area contributed by atoms with Crippen molar-refractivity contribution in [1.29, 1.82) is 0 Å². The van der Waals surface area contributed by atoms with Gasteiger partial charge in [0.2, 0.25) is 0 Å². The Hall–Kier alpha value is -0.120. The van der Waals surface area contributed by atoms with Gasteiger partial charge >= 0.3 is 0 Å². The third-order valence-corrected chi connectivity index (χ3v) is 5.58. The van der Waals surface area contributed by atoms with E-state index in [1.165, 1.54) is 0 Å². The average Bonchev–Trinajstić information content (AvgIpc) is 2.33. The lowest BCUT2D eigenvalue weighted by molar-refractivity contribution is -0.0712. The van der Waals surface area contributed by atoms with Gasteiger partial charge in [0.25, 0.3) is 0 Å². The van der Waals surface area contributed by atoms with Gasteiger partial charge in [-0.1, -0.05) is 37.9 Å². The second-order valence-electron chi connectivity index (χ2n) is 5.31. The summed E-state index contributed by atoms with van der Waals surface area (Å²) in [6.07, 6.45) is 2.58. The van der Waals surface area contributed by atoms with Crippen molar-refractivity contribution in [1.82, 2.24) is 0 Å². The van der Waals surface area contributed by atoms with Crippen molar-refractivity contribution in [3.63, 3.8) is 0 Å². The summed E-state index contributed by atoms with van der Waals surface area (Å²) in [6.45, 7) is 4.09. The standard InChI is InChI=1S/C14H17BrClFO/c1-8-4-3-7-14(18,9(8)2)10-5-6-11(15)12(16)13(10)17/h5-6,8-9,18H,3-4,7H2,1-2H3. The summed E-state index contributed by atoms with van der Waals surface area (Å²) >= 11 is 9.11. The Kier molecular flexibility index (Phi) is 4.05. The van der Waals surface area contributed by atoms with E-state index < -0.39 is 11.4 Å². The van der Waals surface area contributed by atoms with Crippen LogP contribution in [0.1, 0.15) is 38.7 Å². The first kappa shape index (κ1) is 14.3. The average molecular weight is 336 g/mol. The van der Waals surface area contributed by atoms with Crippen molar-refractivity contribution in [2.75, 3.05) is 0 Å². The lowest BCUT2D eigenvalue weighted by atomic mass is 9.67. The molecule has 1 fully saturated rings. The van der Waals surface area contributed by atoms with Gasteiger partial charge in [0.15, 0.2) is 0 Å². The molecular weight excluding hydrogens is 319 g/mol. The van der Waals surface area contributed by atoms with Crippen molar-refractivity contribution in [2.45, 2.75) is 38.7 Å². The van der Waals surface area contributed by atoms with E-state index in [1.54, 1.807) is 12.1 Å². The highest BCUT2D eigenvalue weighted by molar-refractivity contribution is 9.10. The van der Waals surface area contributed by atoms with Gasteiger partial charge in [-0.3, -0.25) is 0 Å². The molecule has 100 valence electrons. The Morgan fingerprint density at radius 3 is 2.78 bits per heavy atom. The molecule has 3 atom stereocenters. The van der Waals surface area contributed by atoms with Gasteiger partial charge in [0, 0.05) is 10.0 Å². The van der Waals surface area contributed by atoms with Crippen LogP contribution in [0.4, 0.5) is 4.39 Å². The number of aliphatic hydroxyl groups is 1. The molecule has 0 aliphatic heterocycles. The minimum Gasteiger partial charge on any atom is -0.385 e. The lowest BCUT2D eigenvalue weighted by Crippen LogP contribution is -2.41. The van der Waals surface area contributed by atoms with E-state index in [2.05, 4.69) is 22.9 Å². The summed E-state index contributed by atoms with van der Waals surface area (Å²) in [4.78, 5) is 0. The van der Waals surface area contributed by atoms with E-state index in [1.807, 2.05) is 6.92 Å². The number of rotatable bonds is 1. The minimum absolute atomic E-state index is 0.0259. The molecule has 0 aromatic heterocycles. The molecule has 0 spiro atoms. The molecule has 1 aliphatic carbocycles. The fourth-order valence-corrected chi connectivity index (χ4v) is 3.35. The molecule has 1 aromatic rings. The van der Waals surface area contributed by atoms with Crippen LogP contribution in [0, 0.1) is 17.7 Å². The Balaban J connectivity index is 2.50. The van der Waals surface area contributed by atoms with Crippen molar-refractivity contribution in [3.05, 3.63) is 33.0 Å². The molecule has 0 bridgehead atoms. The van der Waals surface area contributed by atoms with Crippen LogP contribution in [0.15, 0.2) is 16.6 Å². The number of halogens is 3. The quantitative estimate of drug-likeness (QED) is 0.725. The number of hydrogen-bond donors (Lipinski definition) is 1. The molecule has 1 nitrogen and oxygen atoms in total. The summed E-state index contributed by atoms with van der Waals surface area (Å²) < 4.78 is 14.8. The maximum Gasteiger partial charge on any atom is 0.149 e. The fourth-order valence-electron chi connectivity index (χ4n) is 2.88. The zero-order valence-electron chi connectivity index (χ0n) is 10.5. The SMILES string of the molecule is CC1CCCC(O)(c2ccc(Br)c(Cl)c2F)C1C. The zero-order chi connectivity index (χ0) is 13.5. The Morgan fingerprint density at radius 1 is 1.44 bits per heavy atom. The van der Waals surface area contributed by atoms with Gasteiger partial charge in [0.1, 0.15) is 5.82 Å². The second-order valence-corrected chi connectivity index (χ2v) is 6.54. The number of benzene rings is 1. The van der Waals surface area contributed by atoms with Gasteiger partial charge in [-0.25, -0.2) is 4.39 Å². The minimum atomic E-state index is -1.11. The summed E-state index contributed by atoms with van der Waals surface area (Å²) in [6, 6.07) is 3.34. The van der Waals surface area contributed by atoms with Crippen LogP contribution in [0.5, 0.6) is 0 Å². The zero-order valence-corrected chi connectivity index (χ0v) is 12.9. The van der Waals surface area contributed by atoms with E-state index in [-0.39, 0.29) is 10.9 Å². The smallest absolute Gasteiger partial charge is 0.149 e. The van der Waals surface area contributed by atoms with Crippen LogP contribution in [-0.4, -0.2) is 5.11 Å². The molecule has 0 radical (unpaired) electrons. The highest BCUT2D eigenvalue weighted by atomic mass is 79.9. The van der Waals surface area contributed by atoms with Crippen molar-refractivity contribution >= 4 is 27.5 Å². The molecule has 1 aromatic carbocycles. The maximum atomic E-state index is 14.3. The predicted octanol–water partition coefficient (Wildman–Crippen LogP) is 4.89. The highest BCUT2D eigenvalue weighted by Crippen LogP contribution is 2.46. The summed E-state index contributed by atoms with van der Waals surface area (Å²) in [7, 11) is 0. The van der Waals surface area contributed by atoms with Crippen LogP contribution in [0.25, 0.3) is 0 Å². The van der Waals surface area contributed by atoms with Crippen LogP contribution >= 0.6 is 27.5 Å².